The summed E-state index contributed by atoms with van der Waals surface area (Å²) in [6.45, 7) is 0.351. The van der Waals surface area contributed by atoms with Gasteiger partial charge in [-0.1, -0.05) is 48.5 Å². The van der Waals surface area contributed by atoms with E-state index in [0.29, 0.717) is 5.56 Å². The number of ether oxygens (including phenoxy) is 3. The molecule has 0 aliphatic heterocycles. The van der Waals surface area contributed by atoms with E-state index in [1.165, 1.54) is 19.2 Å². The predicted molar refractivity (Wildman–Crippen MR) is 139 cm³/mol. The van der Waals surface area contributed by atoms with Crippen molar-refractivity contribution in [3.63, 3.8) is 0 Å². The van der Waals surface area contributed by atoms with Crippen molar-refractivity contribution < 1.29 is 33.8 Å². The Bertz CT molecular complexity index is 1290. The first-order chi connectivity index (χ1) is 18.4. The Morgan fingerprint density at radius 3 is 2.29 bits per heavy atom. The number of hydrogen-bond donors (Lipinski definition) is 2. The molecule has 1 aliphatic rings. The SMILES string of the molecule is COc1cc(CCNC(=O)OCC2c3ccccc3-c3ccccc32)c([N+](=O)[O-])cc1OCCCC(=O)O. The summed E-state index contributed by atoms with van der Waals surface area (Å²) in [5.41, 5.74) is 4.64. The fourth-order valence-electron chi connectivity index (χ4n) is 4.59. The van der Waals surface area contributed by atoms with Crippen LogP contribution in [-0.2, 0) is 16.0 Å². The standard InChI is InChI=1S/C28H28N2O8/c1-36-25-15-18(24(30(34)35)16-26(25)37-14-6-11-27(31)32)12-13-29-28(33)38-17-23-21-9-4-2-7-19(21)20-8-3-5-10-22(20)23/h2-5,7-10,15-16,23H,6,11-14,17H2,1H3,(H,29,33)(H,31,32). The molecule has 0 unspecified atom stereocenters. The minimum Gasteiger partial charge on any atom is -0.493 e. The average molecular weight is 521 g/mol. The molecule has 38 heavy (non-hydrogen) atoms. The van der Waals surface area contributed by atoms with Gasteiger partial charge in [0.1, 0.15) is 6.61 Å². The largest absolute Gasteiger partial charge is 0.493 e. The number of hydrogen-bond acceptors (Lipinski definition) is 7. The van der Waals surface area contributed by atoms with E-state index in [9.17, 15) is 19.7 Å². The van der Waals surface area contributed by atoms with Crippen molar-refractivity contribution in [1.82, 2.24) is 5.32 Å². The summed E-state index contributed by atoms with van der Waals surface area (Å²) in [5, 5.41) is 23.1. The van der Waals surface area contributed by atoms with Crippen LogP contribution in [0.3, 0.4) is 0 Å². The topological polar surface area (TPSA) is 137 Å². The quantitative estimate of drug-likeness (QED) is 0.195. The molecule has 10 heteroatoms. The van der Waals surface area contributed by atoms with Crippen molar-refractivity contribution in [2.75, 3.05) is 26.9 Å². The lowest BCUT2D eigenvalue weighted by Crippen LogP contribution is -2.28. The van der Waals surface area contributed by atoms with E-state index in [1.807, 2.05) is 36.4 Å². The summed E-state index contributed by atoms with van der Waals surface area (Å²) in [6.07, 6.45) is -0.280. The molecule has 10 nitrogen and oxygen atoms in total. The molecule has 0 spiro atoms. The fraction of sp³-hybridized carbons (Fsp3) is 0.286. The van der Waals surface area contributed by atoms with Crippen LogP contribution in [-0.4, -0.2) is 49.0 Å². The summed E-state index contributed by atoms with van der Waals surface area (Å²) in [7, 11) is 1.41. The van der Waals surface area contributed by atoms with Crippen molar-refractivity contribution >= 4 is 17.7 Å². The van der Waals surface area contributed by atoms with Crippen LogP contribution in [0.2, 0.25) is 0 Å². The van der Waals surface area contributed by atoms with Gasteiger partial charge in [0.2, 0.25) is 0 Å². The van der Waals surface area contributed by atoms with E-state index >= 15 is 0 Å². The second kappa shape index (κ2) is 12.1. The maximum Gasteiger partial charge on any atom is 0.407 e. The zero-order valence-electron chi connectivity index (χ0n) is 20.8. The molecule has 0 aromatic heterocycles. The smallest absolute Gasteiger partial charge is 0.407 e. The molecule has 3 aromatic rings. The number of rotatable bonds is 12. The third-order valence-electron chi connectivity index (χ3n) is 6.36. The molecule has 0 heterocycles. The van der Waals surface area contributed by atoms with Crippen molar-refractivity contribution in [1.29, 1.82) is 0 Å². The summed E-state index contributed by atoms with van der Waals surface area (Å²) >= 11 is 0. The van der Waals surface area contributed by atoms with Gasteiger partial charge in [-0.3, -0.25) is 14.9 Å². The number of alkyl carbamates (subject to hydrolysis) is 1. The van der Waals surface area contributed by atoms with Gasteiger partial charge in [0, 0.05) is 24.4 Å². The van der Waals surface area contributed by atoms with Crippen molar-refractivity contribution in [2.24, 2.45) is 0 Å². The van der Waals surface area contributed by atoms with Gasteiger partial charge in [-0.05, 0) is 41.2 Å². The number of aliphatic carboxylic acids is 1. The number of amides is 1. The molecule has 3 aromatic carbocycles. The number of nitro benzene ring substituents is 1. The van der Waals surface area contributed by atoms with Gasteiger partial charge in [-0.15, -0.1) is 0 Å². The highest BCUT2D eigenvalue weighted by molar-refractivity contribution is 5.79. The van der Waals surface area contributed by atoms with E-state index < -0.39 is 17.0 Å². The number of benzene rings is 3. The molecule has 0 bridgehead atoms. The summed E-state index contributed by atoms with van der Waals surface area (Å²) in [4.78, 5) is 34.2. The van der Waals surface area contributed by atoms with E-state index in [4.69, 9.17) is 19.3 Å². The van der Waals surface area contributed by atoms with E-state index in [1.54, 1.807) is 0 Å². The molecular formula is C28H28N2O8. The molecule has 0 saturated heterocycles. The van der Waals surface area contributed by atoms with Gasteiger partial charge in [-0.25, -0.2) is 4.79 Å². The van der Waals surface area contributed by atoms with E-state index in [2.05, 4.69) is 17.4 Å². The number of carbonyl (C=O) groups is 2. The summed E-state index contributed by atoms with van der Waals surface area (Å²) in [6, 6.07) is 18.8. The lowest BCUT2D eigenvalue weighted by molar-refractivity contribution is -0.385. The maximum atomic E-state index is 12.5. The van der Waals surface area contributed by atoms with Crippen LogP contribution < -0.4 is 14.8 Å². The molecule has 2 N–H and O–H groups in total. The minimum atomic E-state index is -0.953. The Labute approximate surface area is 219 Å². The number of nitrogens with zero attached hydrogens (tertiary/aromatic N) is 1. The first kappa shape index (κ1) is 26.5. The third kappa shape index (κ3) is 6.03. The predicted octanol–water partition coefficient (Wildman–Crippen LogP) is 4.93. The minimum absolute atomic E-state index is 0.0680. The van der Waals surface area contributed by atoms with Gasteiger partial charge in [0.15, 0.2) is 11.5 Å². The molecule has 1 amide bonds. The second-order valence-electron chi connectivity index (χ2n) is 8.74. The fourth-order valence-corrected chi connectivity index (χ4v) is 4.59. The van der Waals surface area contributed by atoms with Crippen LogP contribution in [0.1, 0.15) is 35.4 Å². The van der Waals surface area contributed by atoms with Gasteiger partial charge in [0.05, 0.1) is 24.7 Å². The molecule has 198 valence electrons. The number of carbonyl (C=O) groups excluding carboxylic acids is 1. The maximum absolute atomic E-state index is 12.5. The van der Waals surface area contributed by atoms with Crippen molar-refractivity contribution in [3.8, 4) is 22.6 Å². The highest BCUT2D eigenvalue weighted by Crippen LogP contribution is 2.44. The monoisotopic (exact) mass is 520 g/mol. The van der Waals surface area contributed by atoms with Crippen LogP contribution in [0.5, 0.6) is 11.5 Å². The first-order valence-electron chi connectivity index (χ1n) is 12.2. The Morgan fingerprint density at radius 1 is 1.03 bits per heavy atom. The molecular weight excluding hydrogens is 492 g/mol. The Morgan fingerprint density at radius 2 is 1.68 bits per heavy atom. The van der Waals surface area contributed by atoms with Crippen LogP contribution in [0.15, 0.2) is 60.7 Å². The lowest BCUT2D eigenvalue weighted by atomic mass is 9.98. The normalized spacial score (nSPS) is 11.8. The highest BCUT2D eigenvalue weighted by atomic mass is 16.6. The number of methoxy groups -OCH3 is 1. The van der Waals surface area contributed by atoms with E-state index in [-0.39, 0.29) is 62.1 Å². The zero-order valence-corrected chi connectivity index (χ0v) is 20.8. The Hall–Kier alpha value is -4.60. The summed E-state index contributed by atoms with van der Waals surface area (Å²) in [5.74, 6) is -0.591. The molecule has 0 saturated carbocycles. The highest BCUT2D eigenvalue weighted by Gasteiger charge is 2.29. The third-order valence-corrected chi connectivity index (χ3v) is 6.36. The van der Waals surface area contributed by atoms with Crippen molar-refractivity contribution in [2.45, 2.75) is 25.2 Å². The molecule has 0 fully saturated rings. The number of carboxylic acids is 1. The van der Waals surface area contributed by atoms with Crippen LogP contribution in [0.25, 0.3) is 11.1 Å². The average Bonchev–Trinajstić information content (AvgIpc) is 3.23. The molecule has 0 atom stereocenters. The number of carboxylic acid groups (broad SMARTS) is 1. The Balaban J connectivity index is 1.35. The van der Waals surface area contributed by atoms with Gasteiger partial charge in [-0.2, -0.15) is 0 Å². The van der Waals surface area contributed by atoms with Gasteiger partial charge >= 0.3 is 12.1 Å². The van der Waals surface area contributed by atoms with Crippen LogP contribution >= 0.6 is 0 Å². The number of nitro groups is 1. The van der Waals surface area contributed by atoms with Gasteiger partial charge < -0.3 is 24.6 Å². The molecule has 4 rings (SSSR count). The Kier molecular flexibility index (Phi) is 8.42. The van der Waals surface area contributed by atoms with Crippen molar-refractivity contribution in [3.05, 3.63) is 87.5 Å². The zero-order chi connectivity index (χ0) is 27.1. The number of fused-ring (bicyclic) bond motifs is 3. The first-order valence-corrected chi connectivity index (χ1v) is 12.2. The van der Waals surface area contributed by atoms with Crippen LogP contribution in [0.4, 0.5) is 10.5 Å². The molecule has 1 aliphatic carbocycles. The molecule has 0 radical (unpaired) electrons. The van der Waals surface area contributed by atoms with Gasteiger partial charge in [0.25, 0.3) is 5.69 Å². The van der Waals surface area contributed by atoms with Crippen LogP contribution in [0, 0.1) is 10.1 Å². The second-order valence-corrected chi connectivity index (χ2v) is 8.74. The number of nitrogens with one attached hydrogen (secondary N) is 1. The lowest BCUT2D eigenvalue weighted by Gasteiger charge is -2.15. The van der Waals surface area contributed by atoms with E-state index in [0.717, 1.165) is 22.3 Å². The summed E-state index contributed by atoms with van der Waals surface area (Å²) < 4.78 is 16.3.